The van der Waals surface area contributed by atoms with Crippen LogP contribution in [-0.4, -0.2) is 9.97 Å². The van der Waals surface area contributed by atoms with Gasteiger partial charge in [-0.1, -0.05) is 36.4 Å². The van der Waals surface area contributed by atoms with Crippen molar-refractivity contribution >= 4 is 17.6 Å². The van der Waals surface area contributed by atoms with Crippen LogP contribution in [0.1, 0.15) is 30.3 Å². The molecule has 3 N–H and O–H groups in total. The van der Waals surface area contributed by atoms with Crippen LogP contribution in [0.2, 0.25) is 0 Å². The second-order valence-corrected chi connectivity index (χ2v) is 5.79. The van der Waals surface area contributed by atoms with Gasteiger partial charge in [0.05, 0.1) is 0 Å². The Balaban J connectivity index is 2.36. The molecule has 20 heavy (non-hydrogen) atoms. The van der Waals surface area contributed by atoms with Gasteiger partial charge in [-0.3, -0.25) is 0 Å². The van der Waals surface area contributed by atoms with Crippen molar-refractivity contribution in [3.63, 3.8) is 0 Å². The SMILES string of the molecule is CCCc1nc(NN)c(C)c(Sc2cccc(C)c2)n1. The van der Waals surface area contributed by atoms with E-state index in [-0.39, 0.29) is 0 Å². The molecule has 0 aliphatic carbocycles. The van der Waals surface area contributed by atoms with Crippen LogP contribution in [-0.2, 0) is 6.42 Å². The van der Waals surface area contributed by atoms with Crippen molar-refractivity contribution in [2.45, 2.75) is 43.5 Å². The summed E-state index contributed by atoms with van der Waals surface area (Å²) in [6.45, 7) is 6.20. The van der Waals surface area contributed by atoms with E-state index in [1.54, 1.807) is 11.8 Å². The van der Waals surface area contributed by atoms with E-state index in [0.29, 0.717) is 5.82 Å². The molecule has 1 heterocycles. The van der Waals surface area contributed by atoms with Crippen LogP contribution in [0.25, 0.3) is 0 Å². The van der Waals surface area contributed by atoms with Crippen molar-refractivity contribution in [1.29, 1.82) is 0 Å². The molecule has 1 aromatic heterocycles. The summed E-state index contributed by atoms with van der Waals surface area (Å²) in [7, 11) is 0. The van der Waals surface area contributed by atoms with Crippen LogP contribution in [0.3, 0.4) is 0 Å². The van der Waals surface area contributed by atoms with E-state index in [4.69, 9.17) is 5.84 Å². The molecule has 0 unspecified atom stereocenters. The Hall–Kier alpha value is -1.59. The number of aryl methyl sites for hydroxylation is 2. The highest BCUT2D eigenvalue weighted by molar-refractivity contribution is 7.99. The van der Waals surface area contributed by atoms with Gasteiger partial charge >= 0.3 is 0 Å². The Morgan fingerprint density at radius 1 is 1.25 bits per heavy atom. The summed E-state index contributed by atoms with van der Waals surface area (Å²) in [5, 5.41) is 0.960. The molecule has 4 nitrogen and oxygen atoms in total. The molecule has 2 rings (SSSR count). The van der Waals surface area contributed by atoms with E-state index in [9.17, 15) is 0 Å². The molecule has 5 heteroatoms. The minimum absolute atomic E-state index is 0.707. The average Bonchev–Trinajstić information content (AvgIpc) is 2.42. The van der Waals surface area contributed by atoms with E-state index >= 15 is 0 Å². The number of hydrazine groups is 1. The van der Waals surface area contributed by atoms with Crippen LogP contribution in [0.4, 0.5) is 5.82 Å². The quantitative estimate of drug-likeness (QED) is 0.501. The van der Waals surface area contributed by atoms with Crippen molar-refractivity contribution < 1.29 is 0 Å². The number of aromatic nitrogens is 2. The lowest BCUT2D eigenvalue weighted by Gasteiger charge is -2.11. The number of hydrogen-bond donors (Lipinski definition) is 2. The standard InChI is InChI=1S/C15H20N4S/c1-4-6-13-17-14(19-16)11(3)15(18-13)20-12-8-5-7-10(2)9-12/h5,7-9H,4,6,16H2,1-3H3,(H,17,18,19). The topological polar surface area (TPSA) is 63.8 Å². The summed E-state index contributed by atoms with van der Waals surface area (Å²) < 4.78 is 0. The Labute approximate surface area is 124 Å². The molecule has 0 spiro atoms. The number of nitrogens with one attached hydrogen (secondary N) is 1. The van der Waals surface area contributed by atoms with Gasteiger partial charge < -0.3 is 5.43 Å². The van der Waals surface area contributed by atoms with Gasteiger partial charge in [0.15, 0.2) is 0 Å². The maximum Gasteiger partial charge on any atom is 0.147 e. The van der Waals surface area contributed by atoms with Gasteiger partial charge in [0.1, 0.15) is 16.7 Å². The molecule has 0 aliphatic heterocycles. The monoisotopic (exact) mass is 288 g/mol. The third-order valence-corrected chi connectivity index (χ3v) is 4.04. The Morgan fingerprint density at radius 3 is 2.70 bits per heavy atom. The molecule has 1 aromatic carbocycles. The molecule has 106 valence electrons. The number of benzene rings is 1. The van der Waals surface area contributed by atoms with Crippen LogP contribution in [0, 0.1) is 13.8 Å². The minimum atomic E-state index is 0.707. The highest BCUT2D eigenvalue weighted by atomic mass is 32.2. The molecule has 0 amide bonds. The molecular formula is C15H20N4S. The molecule has 0 aliphatic rings. The Bertz CT molecular complexity index is 598. The molecular weight excluding hydrogens is 268 g/mol. The smallest absolute Gasteiger partial charge is 0.147 e. The highest BCUT2D eigenvalue weighted by Gasteiger charge is 2.11. The lowest BCUT2D eigenvalue weighted by Crippen LogP contribution is -2.13. The fraction of sp³-hybridized carbons (Fsp3) is 0.333. The minimum Gasteiger partial charge on any atom is -0.308 e. The zero-order valence-electron chi connectivity index (χ0n) is 12.1. The largest absolute Gasteiger partial charge is 0.308 e. The fourth-order valence-corrected chi connectivity index (χ4v) is 2.92. The van der Waals surface area contributed by atoms with Gasteiger partial charge in [0, 0.05) is 16.9 Å². The predicted octanol–water partition coefficient (Wildman–Crippen LogP) is 3.48. The van der Waals surface area contributed by atoms with E-state index in [1.807, 2.05) is 6.92 Å². The molecule has 0 radical (unpaired) electrons. The lowest BCUT2D eigenvalue weighted by atomic mass is 10.2. The van der Waals surface area contributed by atoms with Crippen molar-refractivity contribution in [1.82, 2.24) is 9.97 Å². The lowest BCUT2D eigenvalue weighted by molar-refractivity contribution is 0.802. The van der Waals surface area contributed by atoms with E-state index in [2.05, 4.69) is 53.5 Å². The number of nitrogens with two attached hydrogens (primary N) is 1. The molecule has 0 fully saturated rings. The molecule has 0 bridgehead atoms. The Kier molecular flexibility index (Phi) is 4.98. The molecule has 0 saturated heterocycles. The summed E-state index contributed by atoms with van der Waals surface area (Å²) in [4.78, 5) is 10.3. The number of nitrogen functional groups attached to an aromatic ring is 1. The van der Waals surface area contributed by atoms with Crippen LogP contribution in [0.15, 0.2) is 34.2 Å². The van der Waals surface area contributed by atoms with Crippen molar-refractivity contribution in [2.75, 3.05) is 5.43 Å². The van der Waals surface area contributed by atoms with Gasteiger partial charge in [-0.15, -0.1) is 0 Å². The first-order valence-electron chi connectivity index (χ1n) is 6.72. The first-order chi connectivity index (χ1) is 9.63. The number of nitrogens with zero attached hydrogens (tertiary/aromatic N) is 2. The molecule has 0 saturated carbocycles. The maximum absolute atomic E-state index is 5.55. The van der Waals surface area contributed by atoms with Crippen molar-refractivity contribution in [3.8, 4) is 0 Å². The van der Waals surface area contributed by atoms with Crippen molar-refractivity contribution in [3.05, 3.63) is 41.2 Å². The van der Waals surface area contributed by atoms with E-state index in [0.717, 1.165) is 29.3 Å². The fourth-order valence-electron chi connectivity index (χ4n) is 1.91. The molecule has 2 aromatic rings. The van der Waals surface area contributed by atoms with Gasteiger partial charge in [-0.25, -0.2) is 15.8 Å². The van der Waals surface area contributed by atoms with Gasteiger partial charge in [0.25, 0.3) is 0 Å². The third kappa shape index (κ3) is 3.49. The number of anilines is 1. The predicted molar refractivity (Wildman–Crippen MR) is 83.9 cm³/mol. The highest BCUT2D eigenvalue weighted by Crippen LogP contribution is 2.31. The summed E-state index contributed by atoms with van der Waals surface area (Å²) in [6.07, 6.45) is 1.87. The van der Waals surface area contributed by atoms with Crippen LogP contribution < -0.4 is 11.3 Å². The van der Waals surface area contributed by atoms with E-state index < -0.39 is 0 Å². The average molecular weight is 288 g/mol. The second-order valence-electron chi connectivity index (χ2n) is 4.73. The van der Waals surface area contributed by atoms with Gasteiger partial charge in [-0.2, -0.15) is 0 Å². The molecule has 0 atom stereocenters. The van der Waals surface area contributed by atoms with Crippen molar-refractivity contribution in [2.24, 2.45) is 5.84 Å². The summed E-state index contributed by atoms with van der Waals surface area (Å²) in [6, 6.07) is 8.39. The van der Waals surface area contributed by atoms with E-state index in [1.165, 1.54) is 10.5 Å². The van der Waals surface area contributed by atoms with Crippen LogP contribution in [0.5, 0.6) is 0 Å². The Morgan fingerprint density at radius 2 is 2.05 bits per heavy atom. The number of hydrogen-bond acceptors (Lipinski definition) is 5. The zero-order chi connectivity index (χ0) is 14.5. The van der Waals surface area contributed by atoms with Gasteiger partial charge in [-0.05, 0) is 32.4 Å². The second kappa shape index (κ2) is 6.72. The maximum atomic E-state index is 5.55. The summed E-state index contributed by atoms with van der Waals surface area (Å²) in [5.74, 6) is 7.09. The van der Waals surface area contributed by atoms with Crippen LogP contribution >= 0.6 is 11.8 Å². The first-order valence-corrected chi connectivity index (χ1v) is 7.54. The normalized spacial score (nSPS) is 10.6. The zero-order valence-corrected chi connectivity index (χ0v) is 12.9. The summed E-state index contributed by atoms with van der Waals surface area (Å²) in [5.41, 5.74) is 4.90. The summed E-state index contributed by atoms with van der Waals surface area (Å²) >= 11 is 1.65. The first kappa shape index (κ1) is 14.8. The van der Waals surface area contributed by atoms with Gasteiger partial charge in [0.2, 0.25) is 0 Å². The third-order valence-electron chi connectivity index (χ3n) is 2.96. The number of rotatable bonds is 5.